The van der Waals surface area contributed by atoms with Crippen molar-refractivity contribution in [1.82, 2.24) is 5.32 Å². The molecule has 0 aromatic carbocycles. The molecule has 0 bridgehead atoms. The van der Waals surface area contributed by atoms with Gasteiger partial charge in [0, 0.05) is 6.42 Å². The van der Waals surface area contributed by atoms with Crippen LogP contribution in [0.3, 0.4) is 0 Å². The summed E-state index contributed by atoms with van der Waals surface area (Å²) in [6.07, 6.45) is 49.1. The maximum Gasteiger partial charge on any atom is 0.220 e. The van der Waals surface area contributed by atoms with Crippen LogP contribution < -0.4 is 5.32 Å². The molecule has 1 saturated heterocycles. The van der Waals surface area contributed by atoms with Crippen LogP contribution in [0.4, 0.5) is 0 Å². The molecule has 9 nitrogen and oxygen atoms in total. The Morgan fingerprint density at radius 2 is 0.905 bits per heavy atom. The van der Waals surface area contributed by atoms with Crippen LogP contribution in [0.25, 0.3) is 0 Å². The molecule has 0 saturated carbocycles. The van der Waals surface area contributed by atoms with Crippen LogP contribution in [0.2, 0.25) is 0 Å². The maximum absolute atomic E-state index is 13.0. The first kappa shape index (κ1) is 59.4. The molecule has 9 heteroatoms. The summed E-state index contributed by atoms with van der Waals surface area (Å²) in [5.41, 5.74) is 0. The lowest BCUT2D eigenvalue weighted by Gasteiger charge is -2.40. The van der Waals surface area contributed by atoms with Gasteiger partial charge in [0.25, 0.3) is 0 Å². The number of allylic oxidation sites excluding steroid dienone is 5. The zero-order valence-electron chi connectivity index (χ0n) is 40.8. The van der Waals surface area contributed by atoms with Crippen LogP contribution in [-0.4, -0.2) is 87.5 Å². The number of hydrogen-bond acceptors (Lipinski definition) is 8. The Hall–Kier alpha value is -1.59. The van der Waals surface area contributed by atoms with Crippen LogP contribution in [0.15, 0.2) is 36.5 Å². The molecule has 370 valence electrons. The van der Waals surface area contributed by atoms with E-state index in [1.54, 1.807) is 6.08 Å². The molecule has 1 amide bonds. The van der Waals surface area contributed by atoms with E-state index in [0.29, 0.717) is 6.42 Å². The smallest absolute Gasteiger partial charge is 0.220 e. The Labute approximate surface area is 387 Å². The molecule has 0 aliphatic carbocycles. The molecule has 0 aromatic rings. The first-order chi connectivity index (χ1) is 30.8. The molecular weight excluding hydrogens is 791 g/mol. The number of amides is 1. The van der Waals surface area contributed by atoms with Gasteiger partial charge in [0.2, 0.25) is 5.91 Å². The predicted molar refractivity (Wildman–Crippen MR) is 263 cm³/mol. The number of carbonyl (C=O) groups is 1. The molecule has 7 atom stereocenters. The number of hydrogen-bond donors (Lipinski definition) is 6. The number of nitrogens with one attached hydrogen (secondary N) is 1. The Morgan fingerprint density at radius 1 is 0.524 bits per heavy atom. The molecule has 1 fully saturated rings. The minimum Gasteiger partial charge on any atom is -0.394 e. The van der Waals surface area contributed by atoms with E-state index in [9.17, 15) is 30.3 Å². The summed E-state index contributed by atoms with van der Waals surface area (Å²) >= 11 is 0. The molecule has 1 heterocycles. The molecular formula is C54H101NO8. The maximum atomic E-state index is 13.0. The summed E-state index contributed by atoms with van der Waals surface area (Å²) < 4.78 is 11.2. The highest BCUT2D eigenvalue weighted by atomic mass is 16.7. The van der Waals surface area contributed by atoms with Crippen molar-refractivity contribution in [2.24, 2.45) is 0 Å². The van der Waals surface area contributed by atoms with Gasteiger partial charge in [-0.1, -0.05) is 230 Å². The van der Waals surface area contributed by atoms with Gasteiger partial charge in [-0.05, 0) is 44.9 Å². The summed E-state index contributed by atoms with van der Waals surface area (Å²) in [7, 11) is 0. The van der Waals surface area contributed by atoms with E-state index in [4.69, 9.17) is 9.47 Å². The largest absolute Gasteiger partial charge is 0.394 e. The van der Waals surface area contributed by atoms with Gasteiger partial charge in [-0.15, -0.1) is 0 Å². The highest BCUT2D eigenvalue weighted by Crippen LogP contribution is 2.23. The average molecular weight is 892 g/mol. The zero-order valence-corrected chi connectivity index (χ0v) is 40.8. The van der Waals surface area contributed by atoms with E-state index in [2.05, 4.69) is 43.5 Å². The molecule has 1 aliphatic heterocycles. The molecule has 0 aromatic heterocycles. The van der Waals surface area contributed by atoms with Crippen molar-refractivity contribution in [1.29, 1.82) is 0 Å². The topological polar surface area (TPSA) is 149 Å². The van der Waals surface area contributed by atoms with Crippen molar-refractivity contribution in [2.45, 2.75) is 288 Å². The van der Waals surface area contributed by atoms with Gasteiger partial charge in [-0.25, -0.2) is 0 Å². The van der Waals surface area contributed by atoms with Crippen molar-refractivity contribution >= 4 is 5.91 Å². The fraction of sp³-hybridized carbons (Fsp3) is 0.870. The fourth-order valence-electron chi connectivity index (χ4n) is 8.42. The van der Waals surface area contributed by atoms with E-state index >= 15 is 0 Å². The number of unbranched alkanes of at least 4 members (excludes halogenated alkanes) is 31. The highest BCUT2D eigenvalue weighted by Gasteiger charge is 2.44. The second-order valence-electron chi connectivity index (χ2n) is 18.7. The van der Waals surface area contributed by atoms with Gasteiger partial charge < -0.3 is 40.3 Å². The van der Waals surface area contributed by atoms with E-state index < -0.39 is 49.5 Å². The molecule has 0 spiro atoms. The molecule has 1 rings (SSSR count). The number of aliphatic hydroxyl groups excluding tert-OH is 5. The van der Waals surface area contributed by atoms with Crippen molar-refractivity contribution in [3.05, 3.63) is 36.5 Å². The van der Waals surface area contributed by atoms with Crippen molar-refractivity contribution in [2.75, 3.05) is 13.2 Å². The van der Waals surface area contributed by atoms with Gasteiger partial charge in [-0.2, -0.15) is 0 Å². The lowest BCUT2D eigenvalue weighted by Crippen LogP contribution is -2.60. The lowest BCUT2D eigenvalue weighted by atomic mass is 9.99. The zero-order chi connectivity index (χ0) is 45.9. The average Bonchev–Trinajstić information content (AvgIpc) is 3.28. The third-order valence-corrected chi connectivity index (χ3v) is 12.7. The monoisotopic (exact) mass is 892 g/mol. The van der Waals surface area contributed by atoms with E-state index in [0.717, 1.165) is 44.9 Å². The van der Waals surface area contributed by atoms with Crippen LogP contribution in [0.5, 0.6) is 0 Å². The molecule has 7 unspecified atom stereocenters. The Kier molecular flexibility index (Phi) is 41.7. The first-order valence-electron chi connectivity index (χ1n) is 26.7. The number of ether oxygens (including phenoxy) is 2. The van der Waals surface area contributed by atoms with E-state index in [1.807, 2.05) is 6.08 Å². The third-order valence-electron chi connectivity index (χ3n) is 12.7. The second kappa shape index (κ2) is 44.3. The van der Waals surface area contributed by atoms with E-state index in [1.165, 1.54) is 180 Å². The Balaban J connectivity index is 2.31. The summed E-state index contributed by atoms with van der Waals surface area (Å²) in [6, 6.07) is -0.825. The molecule has 6 N–H and O–H groups in total. The van der Waals surface area contributed by atoms with Gasteiger partial charge >= 0.3 is 0 Å². The summed E-state index contributed by atoms with van der Waals surface area (Å²) in [4.78, 5) is 13.0. The number of carbonyl (C=O) groups excluding carboxylic acids is 1. The van der Waals surface area contributed by atoms with Crippen LogP contribution in [0, 0.1) is 0 Å². The Morgan fingerprint density at radius 3 is 1.33 bits per heavy atom. The van der Waals surface area contributed by atoms with Crippen LogP contribution in [-0.2, 0) is 14.3 Å². The van der Waals surface area contributed by atoms with Crippen molar-refractivity contribution in [3.63, 3.8) is 0 Å². The minimum absolute atomic E-state index is 0.187. The first-order valence-corrected chi connectivity index (χ1v) is 26.7. The number of rotatable bonds is 45. The molecule has 0 radical (unpaired) electrons. The summed E-state index contributed by atoms with van der Waals surface area (Å²) in [5.74, 6) is -0.187. The van der Waals surface area contributed by atoms with Crippen molar-refractivity contribution < 1.29 is 39.8 Å². The summed E-state index contributed by atoms with van der Waals surface area (Å²) in [5, 5.41) is 54.4. The normalized spacial score (nSPS) is 20.4. The van der Waals surface area contributed by atoms with Crippen molar-refractivity contribution in [3.8, 4) is 0 Å². The Bertz CT molecular complexity index is 1080. The molecule has 63 heavy (non-hydrogen) atoms. The number of aliphatic hydroxyl groups is 5. The van der Waals surface area contributed by atoms with Gasteiger partial charge in [-0.3, -0.25) is 4.79 Å². The van der Waals surface area contributed by atoms with Gasteiger partial charge in [0.1, 0.15) is 24.4 Å². The quantitative estimate of drug-likeness (QED) is 0.0261. The predicted octanol–water partition coefficient (Wildman–Crippen LogP) is 12.4. The highest BCUT2D eigenvalue weighted by molar-refractivity contribution is 5.76. The standard InChI is InChI=1S/C54H101NO8/c1-3-5-7-9-11-13-15-17-19-21-23-25-27-29-31-33-35-37-39-41-43-48(57)47(46-62-54-53(61)52(60)51(59)49(45-56)63-54)55-50(58)44-42-40-38-36-34-32-30-28-26-24-22-20-18-16-14-12-10-8-6-4-2/h25,27,33,35,41,43,47-49,51-54,56-57,59-61H,3-24,26,28-32,34,36-40,42,44-46H2,1-2H3,(H,55,58)/b27-25+,35-33+,43-41+. The minimum atomic E-state index is -1.57. The van der Waals surface area contributed by atoms with Gasteiger partial charge in [0.15, 0.2) is 6.29 Å². The third kappa shape index (κ3) is 34.4. The molecule has 1 aliphatic rings. The SMILES string of the molecule is CCCCCCCCCCCC/C=C/CC/C=C/CC/C=C/C(O)C(COC1OC(CO)C(O)C(O)C1O)NC(=O)CCCCCCCCCCCCCCCCCCCCCC. The van der Waals surface area contributed by atoms with Crippen LogP contribution >= 0.6 is 0 Å². The fourth-order valence-corrected chi connectivity index (χ4v) is 8.42. The van der Waals surface area contributed by atoms with Gasteiger partial charge in [0.05, 0.1) is 25.4 Å². The summed E-state index contributed by atoms with van der Waals surface area (Å²) in [6.45, 7) is 3.78. The van der Waals surface area contributed by atoms with E-state index in [-0.39, 0.29) is 12.5 Å². The second-order valence-corrected chi connectivity index (χ2v) is 18.7. The van der Waals surface area contributed by atoms with Crippen LogP contribution in [0.1, 0.15) is 245 Å². The lowest BCUT2D eigenvalue weighted by molar-refractivity contribution is -0.302.